The van der Waals surface area contributed by atoms with Gasteiger partial charge in [-0.3, -0.25) is 38.4 Å². The van der Waals surface area contributed by atoms with E-state index in [1.165, 1.54) is 14.2 Å². The number of benzene rings is 1. The lowest BCUT2D eigenvalue weighted by atomic mass is 9.89. The number of amides is 5. The molecule has 1 aromatic rings. The van der Waals surface area contributed by atoms with E-state index in [1.54, 1.807) is 48.0 Å². The van der Waals surface area contributed by atoms with E-state index in [9.17, 15) is 37.2 Å². The Morgan fingerprint density at radius 3 is 1.99 bits per heavy atom. The summed E-state index contributed by atoms with van der Waals surface area (Å²) in [6.07, 6.45) is 1.40. The molecule has 0 aromatic heterocycles. The number of methoxy groups -OCH3 is 2. The minimum absolute atomic E-state index is 0.0555. The SMILES string of the molecule is CC[C@H](C)[C@@H]([C@@H](CC(=O)N1CCC[C@H]1[C@H](OC)[C@@H](C)C(=O)N[C@@H](Cc1ccccc1)C(=O)NS(=O)(=O)C1CC1)OC)N(C)C(=O)[C@@H](NC(=O)[C@H](C(C)C)N(C)CCOCCOCCC(=O)OC(C)(C)C)C(C)C. The van der Waals surface area contributed by atoms with E-state index in [-0.39, 0.29) is 67.3 Å². The van der Waals surface area contributed by atoms with Crippen molar-refractivity contribution in [2.45, 2.75) is 174 Å². The second-order valence-electron chi connectivity index (χ2n) is 21.5. The van der Waals surface area contributed by atoms with Crippen LogP contribution in [0.25, 0.3) is 0 Å². The molecule has 0 unspecified atom stereocenters. The van der Waals surface area contributed by atoms with E-state index in [4.69, 9.17) is 23.7 Å². The summed E-state index contributed by atoms with van der Waals surface area (Å²) in [5.41, 5.74) is 0.175. The van der Waals surface area contributed by atoms with Gasteiger partial charge in [0.15, 0.2) is 0 Å². The molecule has 3 N–H and O–H groups in total. The van der Waals surface area contributed by atoms with Crippen LogP contribution in [0.2, 0.25) is 0 Å². The van der Waals surface area contributed by atoms with Crippen LogP contribution in [0.1, 0.15) is 120 Å². The maximum absolute atomic E-state index is 14.6. The Balaban J connectivity index is 1.69. The molecule has 0 radical (unpaired) electrons. The van der Waals surface area contributed by atoms with Crippen molar-refractivity contribution in [3.05, 3.63) is 35.9 Å². The molecule has 2 aliphatic rings. The smallest absolute Gasteiger partial charge is 0.308 e. The predicted octanol–water partition coefficient (Wildman–Crippen LogP) is 4.10. The number of nitrogens with one attached hydrogen (secondary N) is 3. The number of hydrogen-bond acceptors (Lipinski definition) is 14. The monoisotopic (exact) mass is 1050 g/mol. The van der Waals surface area contributed by atoms with E-state index in [2.05, 4.69) is 15.4 Å². The third kappa shape index (κ3) is 19.8. The van der Waals surface area contributed by atoms with Crippen molar-refractivity contribution in [1.82, 2.24) is 30.1 Å². The van der Waals surface area contributed by atoms with Crippen LogP contribution in [0.4, 0.5) is 0 Å². The number of likely N-dealkylation sites (N-methyl/N-ethyl adjacent to an activating group) is 2. The van der Waals surface area contributed by atoms with E-state index in [0.717, 1.165) is 5.56 Å². The largest absolute Gasteiger partial charge is 0.460 e. The van der Waals surface area contributed by atoms with Crippen LogP contribution in [-0.4, -0.2) is 180 Å². The van der Waals surface area contributed by atoms with Crippen molar-refractivity contribution in [3.63, 3.8) is 0 Å². The molecule has 20 heteroatoms. The van der Waals surface area contributed by atoms with Gasteiger partial charge in [0.1, 0.15) is 17.7 Å². The molecule has 19 nitrogen and oxygen atoms in total. The molecule has 1 heterocycles. The third-order valence-corrected chi connectivity index (χ3v) is 15.7. The number of nitrogens with zero attached hydrogens (tertiary/aromatic N) is 3. The Morgan fingerprint density at radius 2 is 1.44 bits per heavy atom. The minimum Gasteiger partial charge on any atom is -0.460 e. The number of esters is 1. The Morgan fingerprint density at radius 1 is 0.808 bits per heavy atom. The molecule has 1 aromatic carbocycles. The first-order valence-electron chi connectivity index (χ1n) is 26.2. The first-order chi connectivity index (χ1) is 34.3. The summed E-state index contributed by atoms with van der Waals surface area (Å²) in [4.78, 5) is 87.9. The Kier molecular flexibility index (Phi) is 25.7. The predicted molar refractivity (Wildman–Crippen MR) is 278 cm³/mol. The first-order valence-corrected chi connectivity index (χ1v) is 27.7. The van der Waals surface area contributed by atoms with Gasteiger partial charge in [-0.05, 0) is 76.8 Å². The van der Waals surface area contributed by atoms with Crippen LogP contribution in [0.3, 0.4) is 0 Å². The van der Waals surface area contributed by atoms with Gasteiger partial charge in [-0.25, -0.2) is 8.42 Å². The molecule has 2 fully saturated rings. The first kappa shape index (κ1) is 63.1. The molecule has 73 heavy (non-hydrogen) atoms. The molecule has 5 amide bonds. The zero-order valence-electron chi connectivity index (χ0n) is 46.3. The fourth-order valence-electron chi connectivity index (χ4n) is 9.54. The highest BCUT2D eigenvalue weighted by molar-refractivity contribution is 7.90. The molecule has 0 spiro atoms. The number of carbonyl (C=O) groups is 6. The summed E-state index contributed by atoms with van der Waals surface area (Å²) in [6, 6.07) is 5.26. The van der Waals surface area contributed by atoms with Crippen LogP contribution in [-0.2, 0) is 68.9 Å². The van der Waals surface area contributed by atoms with Gasteiger partial charge < -0.3 is 44.1 Å². The van der Waals surface area contributed by atoms with Gasteiger partial charge in [0.2, 0.25) is 33.7 Å². The van der Waals surface area contributed by atoms with Crippen LogP contribution in [0.15, 0.2) is 30.3 Å². The summed E-state index contributed by atoms with van der Waals surface area (Å²) < 4.78 is 56.4. The van der Waals surface area contributed by atoms with E-state index in [0.29, 0.717) is 65.0 Å². The molecular weight excluding hydrogens is 961 g/mol. The molecule has 3 rings (SSSR count). The van der Waals surface area contributed by atoms with Gasteiger partial charge in [-0.2, -0.15) is 0 Å². The standard InChI is InChI=1S/C53H90N6O13S/c1-15-36(6)47(58(12)52(65)45(34(2)3)55-51(64)46(35(4)5)57(11)27-29-71-31-30-70-28-25-44(61)72-53(8,9)10)42(68-13)33-43(60)59-26-19-22-41(59)48(69-14)37(7)49(62)54-40(32-38-20-17-16-18-21-38)50(63)56-73(66,67)39-23-24-39/h16-18,20-21,34-37,39-42,45-48H,15,19,22-33H2,1-14H3,(H,54,62)(H,55,64)(H,56,63)/t36-,37+,40-,41-,42+,45-,46-,47-,48+/m0/s1. The fraction of sp³-hybridized carbons (Fsp3) is 0.774. The van der Waals surface area contributed by atoms with Crippen LogP contribution in [0, 0.1) is 23.7 Å². The molecule has 1 aliphatic heterocycles. The van der Waals surface area contributed by atoms with Crippen molar-refractivity contribution < 1.29 is 60.9 Å². The summed E-state index contributed by atoms with van der Waals surface area (Å²) in [5.74, 6) is -3.90. The number of sulfonamides is 1. The van der Waals surface area contributed by atoms with Crippen molar-refractivity contribution >= 4 is 45.5 Å². The molecule has 416 valence electrons. The Hall–Kier alpha value is -4.21. The summed E-state index contributed by atoms with van der Waals surface area (Å²) >= 11 is 0. The average Bonchev–Trinajstić information content (AvgIpc) is 4.08. The molecule has 1 aliphatic carbocycles. The second-order valence-corrected chi connectivity index (χ2v) is 23.5. The minimum atomic E-state index is -3.88. The van der Waals surface area contributed by atoms with Crippen molar-refractivity contribution in [3.8, 4) is 0 Å². The second kappa shape index (κ2) is 29.8. The lowest BCUT2D eigenvalue weighted by Gasteiger charge is -2.41. The number of hydrogen-bond donors (Lipinski definition) is 3. The maximum Gasteiger partial charge on any atom is 0.308 e. The summed E-state index contributed by atoms with van der Waals surface area (Å²) in [5, 5.41) is 5.23. The van der Waals surface area contributed by atoms with Crippen LogP contribution >= 0.6 is 0 Å². The highest BCUT2D eigenvalue weighted by Gasteiger charge is 2.44. The number of likely N-dealkylation sites (tertiary alicyclic amines) is 1. The van der Waals surface area contributed by atoms with E-state index >= 15 is 0 Å². The quantitative estimate of drug-likeness (QED) is 0.0682. The topological polar surface area (TPSA) is 229 Å². The van der Waals surface area contributed by atoms with Crippen molar-refractivity contribution in [2.24, 2.45) is 23.7 Å². The Labute approximate surface area is 436 Å². The number of rotatable bonds is 32. The zero-order valence-corrected chi connectivity index (χ0v) is 47.1. The highest BCUT2D eigenvalue weighted by atomic mass is 32.2. The highest BCUT2D eigenvalue weighted by Crippen LogP contribution is 2.31. The number of carbonyl (C=O) groups excluding carboxylic acids is 6. The van der Waals surface area contributed by atoms with Crippen LogP contribution < -0.4 is 15.4 Å². The van der Waals surface area contributed by atoms with Gasteiger partial charge >= 0.3 is 5.97 Å². The van der Waals surface area contributed by atoms with Gasteiger partial charge in [0.25, 0.3) is 5.91 Å². The summed E-state index contributed by atoms with van der Waals surface area (Å²) in [7, 11) is 2.64. The molecule has 1 saturated carbocycles. The Bertz CT molecular complexity index is 2030. The lowest BCUT2D eigenvalue weighted by Crippen LogP contribution is -2.60. The molecular formula is C53H90N6O13S. The number of ether oxygens (including phenoxy) is 5. The molecule has 1 saturated heterocycles. The van der Waals surface area contributed by atoms with E-state index in [1.807, 2.05) is 80.3 Å². The van der Waals surface area contributed by atoms with E-state index < -0.39 is 81.0 Å². The normalized spacial score (nSPS) is 18.6. The van der Waals surface area contributed by atoms with Gasteiger partial charge in [-0.1, -0.05) is 85.2 Å². The van der Waals surface area contributed by atoms with Crippen LogP contribution in [0.5, 0.6) is 0 Å². The average molecular weight is 1050 g/mol. The third-order valence-electron chi connectivity index (χ3n) is 13.8. The molecule has 0 bridgehead atoms. The van der Waals surface area contributed by atoms with Gasteiger partial charge in [0.05, 0.1) is 80.8 Å². The summed E-state index contributed by atoms with van der Waals surface area (Å²) in [6.45, 7) is 20.8. The lowest BCUT2D eigenvalue weighted by molar-refractivity contribution is -0.156. The molecule has 9 atom stereocenters. The van der Waals surface area contributed by atoms with Gasteiger partial charge in [-0.15, -0.1) is 0 Å². The van der Waals surface area contributed by atoms with Crippen molar-refractivity contribution in [2.75, 3.05) is 67.8 Å². The van der Waals surface area contributed by atoms with Gasteiger partial charge in [0, 0.05) is 40.8 Å². The zero-order chi connectivity index (χ0) is 54.8. The van der Waals surface area contributed by atoms with Crippen molar-refractivity contribution in [1.29, 1.82) is 0 Å². The fourth-order valence-corrected chi connectivity index (χ4v) is 10.9. The maximum atomic E-state index is 14.6.